The Bertz CT molecular complexity index is 549. The Kier molecular flexibility index (Phi) is 4.86. The van der Waals surface area contributed by atoms with Gasteiger partial charge in [0.2, 0.25) is 5.91 Å². The first-order valence-corrected chi connectivity index (χ1v) is 6.65. The summed E-state index contributed by atoms with van der Waals surface area (Å²) in [4.78, 5) is 16.2. The largest absolute Gasteiger partial charge is 0.324 e. The molecule has 0 saturated carbocycles. The maximum Gasteiger partial charge on any atom is 0.225 e. The lowest BCUT2D eigenvalue weighted by Crippen LogP contribution is -2.22. The lowest BCUT2D eigenvalue weighted by molar-refractivity contribution is -0.116. The van der Waals surface area contributed by atoms with Gasteiger partial charge in [-0.05, 0) is 25.1 Å². The van der Waals surface area contributed by atoms with E-state index in [0.29, 0.717) is 13.0 Å². The highest BCUT2D eigenvalue weighted by molar-refractivity contribution is 6.00. The van der Waals surface area contributed by atoms with Crippen LogP contribution in [0.4, 0.5) is 5.69 Å². The number of para-hydroxylation sites is 1. The van der Waals surface area contributed by atoms with Crippen LogP contribution < -0.4 is 10.6 Å². The van der Waals surface area contributed by atoms with Crippen molar-refractivity contribution in [1.82, 2.24) is 10.3 Å². The second-order valence-corrected chi connectivity index (χ2v) is 4.43. The molecule has 1 heterocycles. The van der Waals surface area contributed by atoms with Gasteiger partial charge < -0.3 is 10.6 Å². The van der Waals surface area contributed by atoms with Gasteiger partial charge in [-0.2, -0.15) is 0 Å². The predicted octanol–water partition coefficient (Wildman–Crippen LogP) is 2.56. The molecular formula is C15H19N3O. The number of hydrogen-bond acceptors (Lipinski definition) is 3. The molecule has 4 nitrogen and oxygen atoms in total. The van der Waals surface area contributed by atoms with Crippen molar-refractivity contribution in [3.05, 3.63) is 36.5 Å². The van der Waals surface area contributed by atoms with Crippen molar-refractivity contribution in [2.45, 2.75) is 19.8 Å². The maximum absolute atomic E-state index is 11.8. The number of amides is 1. The maximum atomic E-state index is 11.8. The summed E-state index contributed by atoms with van der Waals surface area (Å²) in [6, 6.07) is 9.67. The summed E-state index contributed by atoms with van der Waals surface area (Å²) < 4.78 is 0. The van der Waals surface area contributed by atoms with Crippen molar-refractivity contribution in [3.63, 3.8) is 0 Å². The normalized spacial score (nSPS) is 10.6. The molecule has 0 aliphatic rings. The Morgan fingerprint density at radius 1 is 1.21 bits per heavy atom. The summed E-state index contributed by atoms with van der Waals surface area (Å²) in [7, 11) is 0. The first-order valence-electron chi connectivity index (χ1n) is 6.65. The van der Waals surface area contributed by atoms with Crippen LogP contribution in [0.1, 0.15) is 19.8 Å². The van der Waals surface area contributed by atoms with E-state index in [9.17, 15) is 4.79 Å². The van der Waals surface area contributed by atoms with E-state index in [2.05, 4.69) is 22.5 Å². The molecule has 19 heavy (non-hydrogen) atoms. The minimum atomic E-state index is 0.0155. The van der Waals surface area contributed by atoms with Crippen molar-refractivity contribution in [2.24, 2.45) is 0 Å². The van der Waals surface area contributed by atoms with Crippen molar-refractivity contribution < 1.29 is 4.79 Å². The van der Waals surface area contributed by atoms with Gasteiger partial charge in [0, 0.05) is 24.5 Å². The Balaban J connectivity index is 1.99. The molecule has 0 spiro atoms. The van der Waals surface area contributed by atoms with E-state index in [1.165, 1.54) is 0 Å². The number of carbonyl (C=O) groups is 1. The smallest absolute Gasteiger partial charge is 0.225 e. The molecule has 0 radical (unpaired) electrons. The van der Waals surface area contributed by atoms with Crippen LogP contribution in [-0.2, 0) is 4.79 Å². The van der Waals surface area contributed by atoms with Crippen molar-refractivity contribution in [3.8, 4) is 0 Å². The van der Waals surface area contributed by atoms with Crippen LogP contribution in [0.2, 0.25) is 0 Å². The molecule has 0 aliphatic heterocycles. The van der Waals surface area contributed by atoms with Crippen LogP contribution in [-0.4, -0.2) is 24.0 Å². The fourth-order valence-corrected chi connectivity index (χ4v) is 1.92. The van der Waals surface area contributed by atoms with Crippen LogP contribution in [0.5, 0.6) is 0 Å². The van der Waals surface area contributed by atoms with Crippen LogP contribution in [0.25, 0.3) is 10.9 Å². The summed E-state index contributed by atoms with van der Waals surface area (Å²) in [5, 5.41) is 7.16. The van der Waals surface area contributed by atoms with E-state index in [0.717, 1.165) is 29.6 Å². The van der Waals surface area contributed by atoms with E-state index < -0.39 is 0 Å². The molecule has 1 aromatic heterocycles. The van der Waals surface area contributed by atoms with Gasteiger partial charge in [-0.1, -0.05) is 25.1 Å². The molecule has 1 aromatic carbocycles. The zero-order valence-corrected chi connectivity index (χ0v) is 11.1. The van der Waals surface area contributed by atoms with E-state index >= 15 is 0 Å². The van der Waals surface area contributed by atoms with Crippen LogP contribution >= 0.6 is 0 Å². The van der Waals surface area contributed by atoms with Gasteiger partial charge in [0.25, 0.3) is 0 Å². The van der Waals surface area contributed by atoms with Crippen LogP contribution in [0.3, 0.4) is 0 Å². The van der Waals surface area contributed by atoms with Gasteiger partial charge in [0.15, 0.2) is 0 Å². The zero-order valence-electron chi connectivity index (χ0n) is 11.1. The van der Waals surface area contributed by atoms with Gasteiger partial charge in [0.05, 0.1) is 11.2 Å². The topological polar surface area (TPSA) is 54.0 Å². The summed E-state index contributed by atoms with van der Waals surface area (Å²) in [5.41, 5.74) is 1.61. The molecule has 0 fully saturated rings. The monoisotopic (exact) mass is 257 g/mol. The average molecular weight is 257 g/mol. The standard InChI is InChI=1S/C15H19N3O/c1-2-9-16-11-8-14(19)18-13-7-3-5-12-6-4-10-17-15(12)13/h3-7,10,16H,2,8-9,11H2,1H3,(H,18,19). The third kappa shape index (κ3) is 3.76. The molecule has 4 heteroatoms. The summed E-state index contributed by atoms with van der Waals surface area (Å²) in [6.07, 6.45) is 3.29. The number of carbonyl (C=O) groups excluding carboxylic acids is 1. The Hall–Kier alpha value is -1.94. The minimum absolute atomic E-state index is 0.0155. The minimum Gasteiger partial charge on any atom is -0.324 e. The first kappa shape index (κ1) is 13.5. The predicted molar refractivity (Wildman–Crippen MR) is 78.2 cm³/mol. The summed E-state index contributed by atoms with van der Waals surface area (Å²) >= 11 is 0. The highest BCUT2D eigenvalue weighted by Gasteiger charge is 2.05. The van der Waals surface area contributed by atoms with Gasteiger partial charge in [0.1, 0.15) is 0 Å². The number of rotatable bonds is 6. The van der Waals surface area contributed by atoms with Gasteiger partial charge in [-0.3, -0.25) is 9.78 Å². The molecule has 2 rings (SSSR count). The van der Waals surface area contributed by atoms with Gasteiger partial charge >= 0.3 is 0 Å². The molecule has 2 aromatic rings. The Morgan fingerprint density at radius 3 is 2.89 bits per heavy atom. The highest BCUT2D eigenvalue weighted by Crippen LogP contribution is 2.20. The lowest BCUT2D eigenvalue weighted by Gasteiger charge is -2.08. The number of fused-ring (bicyclic) bond motifs is 1. The van der Waals surface area contributed by atoms with E-state index in [1.54, 1.807) is 6.20 Å². The third-order valence-corrected chi connectivity index (χ3v) is 2.86. The highest BCUT2D eigenvalue weighted by atomic mass is 16.1. The molecule has 0 atom stereocenters. The quantitative estimate of drug-likeness (QED) is 0.782. The summed E-state index contributed by atoms with van der Waals surface area (Å²) in [6.45, 7) is 3.76. The summed E-state index contributed by atoms with van der Waals surface area (Å²) in [5.74, 6) is 0.0155. The first-order chi connectivity index (χ1) is 9.31. The van der Waals surface area contributed by atoms with Crippen LogP contribution in [0, 0.1) is 0 Å². The van der Waals surface area contributed by atoms with E-state index in [1.807, 2.05) is 30.3 Å². The molecule has 2 N–H and O–H groups in total. The number of hydrogen-bond donors (Lipinski definition) is 2. The van der Waals surface area contributed by atoms with Crippen molar-refractivity contribution in [2.75, 3.05) is 18.4 Å². The SMILES string of the molecule is CCCNCCC(=O)Nc1cccc2cccnc12. The van der Waals surface area contributed by atoms with Crippen molar-refractivity contribution in [1.29, 1.82) is 0 Å². The van der Waals surface area contributed by atoms with Gasteiger partial charge in [-0.25, -0.2) is 0 Å². The molecule has 0 saturated heterocycles. The number of aromatic nitrogens is 1. The molecule has 100 valence electrons. The number of anilines is 1. The molecule has 0 bridgehead atoms. The fraction of sp³-hybridized carbons (Fsp3) is 0.333. The third-order valence-electron chi connectivity index (χ3n) is 2.86. The number of nitrogens with one attached hydrogen (secondary N) is 2. The Labute approximate surface area is 113 Å². The van der Waals surface area contributed by atoms with E-state index in [-0.39, 0.29) is 5.91 Å². The zero-order chi connectivity index (χ0) is 13.5. The molecular weight excluding hydrogens is 238 g/mol. The number of nitrogens with zero attached hydrogens (tertiary/aromatic N) is 1. The molecule has 0 unspecified atom stereocenters. The molecule has 1 amide bonds. The second kappa shape index (κ2) is 6.85. The number of pyridine rings is 1. The van der Waals surface area contributed by atoms with Crippen LogP contribution in [0.15, 0.2) is 36.5 Å². The lowest BCUT2D eigenvalue weighted by atomic mass is 10.2. The Morgan fingerprint density at radius 2 is 2.05 bits per heavy atom. The van der Waals surface area contributed by atoms with E-state index in [4.69, 9.17) is 0 Å². The van der Waals surface area contributed by atoms with Gasteiger partial charge in [-0.15, -0.1) is 0 Å². The average Bonchev–Trinajstić information content (AvgIpc) is 2.44. The van der Waals surface area contributed by atoms with Crippen molar-refractivity contribution >= 4 is 22.5 Å². The second-order valence-electron chi connectivity index (χ2n) is 4.43. The molecule has 0 aliphatic carbocycles. The number of benzene rings is 1. The fourth-order valence-electron chi connectivity index (χ4n) is 1.92.